The summed E-state index contributed by atoms with van der Waals surface area (Å²) in [6.45, 7) is 6.68. The molecule has 1 N–H and O–H groups in total. The molecule has 1 unspecified atom stereocenters. The van der Waals surface area contributed by atoms with Gasteiger partial charge in [-0.3, -0.25) is 0 Å². The van der Waals surface area contributed by atoms with Crippen molar-refractivity contribution >= 4 is 15.9 Å². The van der Waals surface area contributed by atoms with Crippen LogP contribution in [0.15, 0.2) is 22.7 Å². The van der Waals surface area contributed by atoms with Crippen LogP contribution in [-0.4, -0.2) is 11.6 Å². The Morgan fingerprint density at radius 3 is 2.60 bits per heavy atom. The standard InChI is InChI=1S/C13H18BrN/c1-13(2,3)15-10-7-9-5-4-6-12(14)11(9)8-10/h4-6,10,15H,7-8H2,1-3H3. The second-order valence-electron chi connectivity index (χ2n) is 5.38. The maximum Gasteiger partial charge on any atom is 0.0210 e. The van der Waals surface area contributed by atoms with Crippen molar-refractivity contribution in [2.45, 2.75) is 45.2 Å². The van der Waals surface area contributed by atoms with Crippen molar-refractivity contribution < 1.29 is 0 Å². The summed E-state index contributed by atoms with van der Waals surface area (Å²) in [5, 5.41) is 3.67. The number of rotatable bonds is 1. The van der Waals surface area contributed by atoms with E-state index in [0.717, 1.165) is 12.8 Å². The van der Waals surface area contributed by atoms with Gasteiger partial charge in [0, 0.05) is 16.1 Å². The lowest BCUT2D eigenvalue weighted by Crippen LogP contribution is -2.44. The molecule has 15 heavy (non-hydrogen) atoms. The van der Waals surface area contributed by atoms with Crippen molar-refractivity contribution in [3.8, 4) is 0 Å². The Labute approximate surface area is 100 Å². The van der Waals surface area contributed by atoms with Crippen molar-refractivity contribution in [2.24, 2.45) is 0 Å². The SMILES string of the molecule is CC(C)(C)NC1Cc2cccc(Br)c2C1. The van der Waals surface area contributed by atoms with Gasteiger partial charge in [0.2, 0.25) is 0 Å². The molecule has 0 fully saturated rings. The highest BCUT2D eigenvalue weighted by atomic mass is 79.9. The molecule has 0 heterocycles. The van der Waals surface area contributed by atoms with E-state index >= 15 is 0 Å². The van der Waals surface area contributed by atoms with Gasteiger partial charge in [0.15, 0.2) is 0 Å². The first-order chi connectivity index (χ1) is 6.96. The summed E-state index contributed by atoms with van der Waals surface area (Å²) in [5.74, 6) is 0. The fourth-order valence-corrected chi connectivity index (χ4v) is 2.89. The van der Waals surface area contributed by atoms with Gasteiger partial charge in [0.1, 0.15) is 0 Å². The lowest BCUT2D eigenvalue weighted by Gasteiger charge is -2.25. The Balaban J connectivity index is 2.13. The summed E-state index contributed by atoms with van der Waals surface area (Å²) in [6, 6.07) is 7.10. The molecular weight excluding hydrogens is 250 g/mol. The van der Waals surface area contributed by atoms with Crippen LogP contribution in [0.25, 0.3) is 0 Å². The second-order valence-corrected chi connectivity index (χ2v) is 6.23. The minimum atomic E-state index is 0.208. The van der Waals surface area contributed by atoms with E-state index in [9.17, 15) is 0 Å². The summed E-state index contributed by atoms with van der Waals surface area (Å²) in [6.07, 6.45) is 2.31. The first-order valence-corrected chi connectivity index (χ1v) is 6.29. The van der Waals surface area contributed by atoms with Crippen LogP contribution in [0.1, 0.15) is 31.9 Å². The van der Waals surface area contributed by atoms with Crippen molar-refractivity contribution in [2.75, 3.05) is 0 Å². The Bertz CT molecular complexity index is 365. The van der Waals surface area contributed by atoms with Gasteiger partial charge in [-0.15, -0.1) is 0 Å². The molecule has 1 aromatic carbocycles. The molecule has 0 saturated heterocycles. The quantitative estimate of drug-likeness (QED) is 0.824. The molecule has 2 rings (SSSR count). The Morgan fingerprint density at radius 2 is 2.00 bits per heavy atom. The van der Waals surface area contributed by atoms with Crippen LogP contribution < -0.4 is 5.32 Å². The molecule has 82 valence electrons. The van der Waals surface area contributed by atoms with Gasteiger partial charge in [0.25, 0.3) is 0 Å². The smallest absolute Gasteiger partial charge is 0.0210 e. The van der Waals surface area contributed by atoms with Crippen molar-refractivity contribution in [3.05, 3.63) is 33.8 Å². The molecule has 1 atom stereocenters. The molecule has 1 aliphatic carbocycles. The van der Waals surface area contributed by atoms with E-state index in [0.29, 0.717) is 6.04 Å². The molecule has 1 nitrogen and oxygen atoms in total. The summed E-state index contributed by atoms with van der Waals surface area (Å²) in [7, 11) is 0. The molecule has 0 spiro atoms. The minimum absolute atomic E-state index is 0.208. The fraction of sp³-hybridized carbons (Fsp3) is 0.538. The van der Waals surface area contributed by atoms with Crippen LogP contribution in [0.2, 0.25) is 0 Å². The molecule has 2 heteroatoms. The van der Waals surface area contributed by atoms with E-state index in [-0.39, 0.29) is 5.54 Å². The van der Waals surface area contributed by atoms with Crippen LogP contribution >= 0.6 is 15.9 Å². The monoisotopic (exact) mass is 267 g/mol. The Kier molecular flexibility index (Phi) is 2.91. The largest absolute Gasteiger partial charge is 0.309 e. The number of hydrogen-bond donors (Lipinski definition) is 1. The number of fused-ring (bicyclic) bond motifs is 1. The molecule has 0 radical (unpaired) electrons. The zero-order valence-electron chi connectivity index (χ0n) is 9.60. The summed E-state index contributed by atoms with van der Waals surface area (Å²) in [5.41, 5.74) is 3.18. The zero-order chi connectivity index (χ0) is 11.1. The maximum atomic E-state index is 3.67. The topological polar surface area (TPSA) is 12.0 Å². The van der Waals surface area contributed by atoms with E-state index in [1.54, 1.807) is 0 Å². The molecule has 1 aliphatic rings. The highest BCUT2D eigenvalue weighted by molar-refractivity contribution is 9.10. The average molecular weight is 268 g/mol. The molecule has 0 saturated carbocycles. The number of benzene rings is 1. The van der Waals surface area contributed by atoms with E-state index < -0.39 is 0 Å². The van der Waals surface area contributed by atoms with Crippen LogP contribution in [0, 0.1) is 0 Å². The van der Waals surface area contributed by atoms with Crippen LogP contribution in [0.5, 0.6) is 0 Å². The molecular formula is C13H18BrN. The van der Waals surface area contributed by atoms with E-state index in [4.69, 9.17) is 0 Å². The summed E-state index contributed by atoms with van der Waals surface area (Å²) < 4.78 is 1.26. The minimum Gasteiger partial charge on any atom is -0.309 e. The molecule has 0 aromatic heterocycles. The number of halogens is 1. The lowest BCUT2D eigenvalue weighted by atomic mass is 10.1. The third kappa shape index (κ3) is 2.61. The lowest BCUT2D eigenvalue weighted by molar-refractivity contribution is 0.365. The van der Waals surface area contributed by atoms with Crippen LogP contribution in [0.4, 0.5) is 0 Å². The van der Waals surface area contributed by atoms with Gasteiger partial charge in [0.05, 0.1) is 0 Å². The van der Waals surface area contributed by atoms with Crippen LogP contribution in [-0.2, 0) is 12.8 Å². The van der Waals surface area contributed by atoms with Gasteiger partial charge in [-0.05, 0) is 50.8 Å². The first kappa shape index (κ1) is 11.2. The highest BCUT2D eigenvalue weighted by Crippen LogP contribution is 2.29. The van der Waals surface area contributed by atoms with Gasteiger partial charge < -0.3 is 5.32 Å². The van der Waals surface area contributed by atoms with Gasteiger partial charge in [-0.1, -0.05) is 28.1 Å². The average Bonchev–Trinajstić information content (AvgIpc) is 2.45. The Morgan fingerprint density at radius 1 is 1.27 bits per heavy atom. The normalized spacial score (nSPS) is 20.4. The van der Waals surface area contributed by atoms with E-state index in [1.165, 1.54) is 15.6 Å². The zero-order valence-corrected chi connectivity index (χ0v) is 11.2. The predicted molar refractivity (Wildman–Crippen MR) is 68.2 cm³/mol. The number of hydrogen-bond acceptors (Lipinski definition) is 1. The number of nitrogens with one attached hydrogen (secondary N) is 1. The Hall–Kier alpha value is -0.340. The highest BCUT2D eigenvalue weighted by Gasteiger charge is 2.25. The van der Waals surface area contributed by atoms with E-state index in [1.807, 2.05) is 0 Å². The van der Waals surface area contributed by atoms with Gasteiger partial charge in [-0.25, -0.2) is 0 Å². The van der Waals surface area contributed by atoms with Crippen molar-refractivity contribution in [3.63, 3.8) is 0 Å². The van der Waals surface area contributed by atoms with Crippen LogP contribution in [0.3, 0.4) is 0 Å². The van der Waals surface area contributed by atoms with Crippen molar-refractivity contribution in [1.82, 2.24) is 5.32 Å². The molecule has 1 aromatic rings. The van der Waals surface area contributed by atoms with E-state index in [2.05, 4.69) is 60.2 Å². The molecule has 0 amide bonds. The molecule has 0 bridgehead atoms. The predicted octanol–water partition coefficient (Wildman–Crippen LogP) is 3.30. The summed E-state index contributed by atoms with van der Waals surface area (Å²) >= 11 is 3.63. The maximum absolute atomic E-state index is 3.67. The third-order valence-electron chi connectivity index (χ3n) is 2.77. The molecule has 0 aliphatic heterocycles. The fourth-order valence-electron chi connectivity index (χ4n) is 2.32. The van der Waals surface area contributed by atoms with Gasteiger partial charge in [-0.2, -0.15) is 0 Å². The van der Waals surface area contributed by atoms with Gasteiger partial charge >= 0.3 is 0 Å². The second kappa shape index (κ2) is 3.91. The van der Waals surface area contributed by atoms with Crippen molar-refractivity contribution in [1.29, 1.82) is 0 Å². The summed E-state index contributed by atoms with van der Waals surface area (Å²) in [4.78, 5) is 0. The first-order valence-electron chi connectivity index (χ1n) is 5.50. The third-order valence-corrected chi connectivity index (χ3v) is 3.51.